The van der Waals surface area contributed by atoms with Crippen molar-refractivity contribution in [2.45, 2.75) is 46.6 Å². The predicted octanol–water partition coefficient (Wildman–Crippen LogP) is 7.60. The van der Waals surface area contributed by atoms with E-state index in [0.717, 1.165) is 40.6 Å². The molecule has 2 aromatic rings. The van der Waals surface area contributed by atoms with Gasteiger partial charge in [0.2, 0.25) is 0 Å². The van der Waals surface area contributed by atoms with E-state index in [1.54, 1.807) is 13.0 Å². The molecular weight excluding hydrogens is 389 g/mol. The third kappa shape index (κ3) is 4.85. The normalized spacial score (nSPS) is 11.9. The topological polar surface area (TPSA) is 3.24 Å². The number of halogens is 2. The highest BCUT2D eigenvalue weighted by Gasteiger charge is 2.14. The van der Waals surface area contributed by atoms with Gasteiger partial charge in [0.05, 0.1) is 0 Å². The highest BCUT2D eigenvalue weighted by atomic mass is 79.9. The predicted molar refractivity (Wildman–Crippen MR) is 115 cm³/mol. The van der Waals surface area contributed by atoms with E-state index in [1.807, 2.05) is 30.5 Å². The van der Waals surface area contributed by atoms with Crippen LogP contribution in [0, 0.1) is 12.7 Å². The van der Waals surface area contributed by atoms with Gasteiger partial charge in [-0.2, -0.15) is 0 Å². The number of allylic oxidation sites excluding steroid dienone is 1. The lowest BCUT2D eigenvalue weighted by Crippen LogP contribution is -2.16. The van der Waals surface area contributed by atoms with Crippen LogP contribution in [0.25, 0.3) is 4.48 Å². The monoisotopic (exact) mass is 415 g/mol. The van der Waals surface area contributed by atoms with Gasteiger partial charge in [-0.05, 0) is 49.2 Å². The number of anilines is 1. The Morgan fingerprint density at radius 3 is 2.54 bits per heavy atom. The van der Waals surface area contributed by atoms with Gasteiger partial charge in [-0.25, -0.2) is 4.39 Å². The fraction of sp³-hybridized carbons (Fsp3) is 0.304. The number of rotatable bonds is 8. The molecule has 0 saturated carbocycles. The summed E-state index contributed by atoms with van der Waals surface area (Å²) in [6.45, 7) is 10.7. The summed E-state index contributed by atoms with van der Waals surface area (Å²) in [6.07, 6.45) is 5.01. The Morgan fingerprint density at radius 2 is 1.92 bits per heavy atom. The van der Waals surface area contributed by atoms with Crippen LogP contribution in [0.15, 0.2) is 60.8 Å². The number of hydrogen-bond acceptors (Lipinski definition) is 1. The van der Waals surface area contributed by atoms with Crippen molar-refractivity contribution in [3.8, 4) is 0 Å². The van der Waals surface area contributed by atoms with Gasteiger partial charge in [0, 0.05) is 22.3 Å². The highest BCUT2D eigenvalue weighted by molar-refractivity contribution is 9.15. The van der Waals surface area contributed by atoms with Crippen molar-refractivity contribution in [2.24, 2.45) is 0 Å². The van der Waals surface area contributed by atoms with E-state index >= 15 is 0 Å². The first-order valence-electron chi connectivity index (χ1n) is 9.12. The molecule has 0 N–H and O–H groups in total. The Balaban J connectivity index is 2.42. The lowest BCUT2D eigenvalue weighted by Gasteiger charge is -2.24. The van der Waals surface area contributed by atoms with E-state index in [2.05, 4.69) is 53.4 Å². The zero-order valence-electron chi connectivity index (χ0n) is 15.9. The summed E-state index contributed by atoms with van der Waals surface area (Å²) in [7, 11) is 0. The second-order valence-corrected chi connectivity index (χ2v) is 7.23. The number of aryl methyl sites for hydroxylation is 1. The number of benzene rings is 2. The van der Waals surface area contributed by atoms with Gasteiger partial charge < -0.3 is 4.90 Å². The van der Waals surface area contributed by atoms with Gasteiger partial charge in [0.1, 0.15) is 5.82 Å². The Kier molecular flexibility index (Phi) is 7.65. The zero-order valence-corrected chi connectivity index (χ0v) is 17.4. The Bertz CT molecular complexity index is 795. The Morgan fingerprint density at radius 1 is 1.19 bits per heavy atom. The molecule has 0 unspecified atom stereocenters. The highest BCUT2D eigenvalue weighted by Crippen LogP contribution is 2.36. The largest absolute Gasteiger partial charge is 0.344 e. The number of nitrogens with zero attached hydrogens (tertiary/aromatic N) is 1. The van der Waals surface area contributed by atoms with Crippen LogP contribution in [0.1, 0.15) is 49.8 Å². The molecule has 0 aliphatic carbocycles. The van der Waals surface area contributed by atoms with Gasteiger partial charge in [-0.3, -0.25) is 0 Å². The van der Waals surface area contributed by atoms with Crippen LogP contribution >= 0.6 is 15.9 Å². The van der Waals surface area contributed by atoms with Crippen LogP contribution in [-0.2, 0) is 6.54 Å². The first-order chi connectivity index (χ1) is 12.5. The smallest absolute Gasteiger partial charge is 0.126 e. The molecule has 0 aliphatic rings. The van der Waals surface area contributed by atoms with Gasteiger partial charge in [-0.15, -0.1) is 0 Å². The minimum atomic E-state index is -0.169. The SMILES string of the molecule is C=CN(Cc1ccc(C)c(F)c1)c1ccccc1/C(Br)=C(\CC)CCC. The minimum Gasteiger partial charge on any atom is -0.344 e. The zero-order chi connectivity index (χ0) is 19.1. The molecule has 0 heterocycles. The van der Waals surface area contributed by atoms with Crippen molar-refractivity contribution in [2.75, 3.05) is 4.90 Å². The molecule has 0 bridgehead atoms. The molecule has 3 heteroatoms. The van der Waals surface area contributed by atoms with Crippen molar-refractivity contribution >= 4 is 26.1 Å². The summed E-state index contributed by atoms with van der Waals surface area (Å²) in [4.78, 5) is 2.07. The fourth-order valence-corrected chi connectivity index (χ4v) is 3.84. The molecule has 26 heavy (non-hydrogen) atoms. The van der Waals surface area contributed by atoms with E-state index in [0.29, 0.717) is 12.1 Å². The minimum absolute atomic E-state index is 0.169. The molecule has 0 spiro atoms. The second kappa shape index (κ2) is 9.72. The molecule has 1 nitrogen and oxygen atoms in total. The molecule has 0 fully saturated rings. The van der Waals surface area contributed by atoms with Crippen molar-refractivity contribution in [1.29, 1.82) is 0 Å². The van der Waals surface area contributed by atoms with E-state index in [-0.39, 0.29) is 5.82 Å². The second-order valence-electron chi connectivity index (χ2n) is 6.43. The number of para-hydroxylation sites is 1. The fourth-order valence-electron chi connectivity index (χ4n) is 3.02. The Labute approximate surface area is 165 Å². The van der Waals surface area contributed by atoms with Gasteiger partial charge in [-0.1, -0.05) is 78.7 Å². The van der Waals surface area contributed by atoms with Crippen LogP contribution in [0.4, 0.5) is 10.1 Å². The summed E-state index contributed by atoms with van der Waals surface area (Å²) in [5.74, 6) is -0.169. The molecule has 0 aliphatic heterocycles. The molecule has 0 saturated heterocycles. The molecule has 2 aromatic carbocycles. The summed E-state index contributed by atoms with van der Waals surface area (Å²) in [5, 5.41) is 0. The standard InChI is InChI=1S/C23H27BrFN/c1-5-10-19(6-2)23(24)20-11-8-9-12-22(20)26(7-3)16-18-14-13-17(4)21(25)15-18/h7-9,11-15H,3,5-6,10,16H2,1-2,4H3/b23-19-. The van der Waals surface area contributed by atoms with Crippen LogP contribution in [0.2, 0.25) is 0 Å². The van der Waals surface area contributed by atoms with E-state index in [9.17, 15) is 4.39 Å². The van der Waals surface area contributed by atoms with Crippen LogP contribution in [0.3, 0.4) is 0 Å². The first kappa shape index (κ1) is 20.4. The van der Waals surface area contributed by atoms with E-state index < -0.39 is 0 Å². The van der Waals surface area contributed by atoms with Crippen LogP contribution < -0.4 is 4.90 Å². The molecular formula is C23H27BrFN. The van der Waals surface area contributed by atoms with Crippen molar-refractivity contribution < 1.29 is 4.39 Å². The van der Waals surface area contributed by atoms with Crippen LogP contribution in [0.5, 0.6) is 0 Å². The first-order valence-corrected chi connectivity index (χ1v) is 9.92. The molecule has 2 rings (SSSR count). The summed E-state index contributed by atoms with van der Waals surface area (Å²) < 4.78 is 15.1. The lowest BCUT2D eigenvalue weighted by atomic mass is 10.0. The molecule has 0 aromatic heterocycles. The summed E-state index contributed by atoms with van der Waals surface area (Å²) in [5.41, 5.74) is 5.21. The Hall–Kier alpha value is -1.87. The molecule has 138 valence electrons. The van der Waals surface area contributed by atoms with Crippen LogP contribution in [-0.4, -0.2) is 0 Å². The maximum Gasteiger partial charge on any atom is 0.126 e. The average Bonchev–Trinajstić information content (AvgIpc) is 2.66. The molecule has 0 amide bonds. The third-order valence-electron chi connectivity index (χ3n) is 4.55. The maximum absolute atomic E-state index is 13.9. The van der Waals surface area contributed by atoms with Crippen molar-refractivity contribution in [3.63, 3.8) is 0 Å². The average molecular weight is 416 g/mol. The van der Waals surface area contributed by atoms with Gasteiger partial charge >= 0.3 is 0 Å². The van der Waals surface area contributed by atoms with Gasteiger partial charge in [0.15, 0.2) is 0 Å². The number of hydrogen-bond donors (Lipinski definition) is 0. The summed E-state index contributed by atoms with van der Waals surface area (Å²) in [6, 6.07) is 13.7. The van der Waals surface area contributed by atoms with Crippen molar-refractivity contribution in [3.05, 3.63) is 83.3 Å². The third-order valence-corrected chi connectivity index (χ3v) is 5.54. The van der Waals surface area contributed by atoms with E-state index in [1.165, 1.54) is 5.57 Å². The summed E-state index contributed by atoms with van der Waals surface area (Å²) >= 11 is 3.83. The maximum atomic E-state index is 13.9. The molecule has 0 atom stereocenters. The van der Waals surface area contributed by atoms with Crippen molar-refractivity contribution in [1.82, 2.24) is 0 Å². The quantitative estimate of drug-likeness (QED) is 0.428. The lowest BCUT2D eigenvalue weighted by molar-refractivity contribution is 0.616. The van der Waals surface area contributed by atoms with E-state index in [4.69, 9.17) is 0 Å². The van der Waals surface area contributed by atoms with Gasteiger partial charge in [0.25, 0.3) is 0 Å². The molecule has 0 radical (unpaired) electrons.